The second-order valence-corrected chi connectivity index (χ2v) is 6.38. The SMILES string of the molecule is CCc1ccc(Nc2cnnc(NCCc3c[nH]c4ccccc34)n2)cc1. The van der Waals surface area contributed by atoms with E-state index in [2.05, 4.69) is 74.3 Å². The number of para-hydroxylation sites is 1. The molecule has 0 fully saturated rings. The lowest BCUT2D eigenvalue weighted by Crippen LogP contribution is -2.09. The van der Waals surface area contributed by atoms with Gasteiger partial charge in [-0.2, -0.15) is 10.1 Å². The number of aryl methyl sites for hydroxylation is 1. The van der Waals surface area contributed by atoms with Crippen LogP contribution in [-0.2, 0) is 12.8 Å². The zero-order chi connectivity index (χ0) is 18.5. The van der Waals surface area contributed by atoms with Crippen molar-refractivity contribution in [3.05, 3.63) is 72.1 Å². The van der Waals surface area contributed by atoms with Crippen LogP contribution in [0, 0.1) is 0 Å². The first-order valence-electron chi connectivity index (χ1n) is 9.16. The Kier molecular flexibility index (Phi) is 4.96. The van der Waals surface area contributed by atoms with E-state index in [4.69, 9.17) is 0 Å². The van der Waals surface area contributed by atoms with E-state index in [0.717, 1.165) is 30.6 Å². The fourth-order valence-corrected chi connectivity index (χ4v) is 3.06. The maximum Gasteiger partial charge on any atom is 0.244 e. The van der Waals surface area contributed by atoms with Crippen LogP contribution in [0.15, 0.2) is 60.9 Å². The Balaban J connectivity index is 1.37. The van der Waals surface area contributed by atoms with Crippen molar-refractivity contribution in [3.8, 4) is 0 Å². The number of fused-ring (bicyclic) bond motifs is 1. The number of aromatic amines is 1. The Morgan fingerprint density at radius 2 is 1.89 bits per heavy atom. The fourth-order valence-electron chi connectivity index (χ4n) is 3.06. The lowest BCUT2D eigenvalue weighted by molar-refractivity contribution is 0.931. The van der Waals surface area contributed by atoms with E-state index in [1.165, 1.54) is 16.5 Å². The van der Waals surface area contributed by atoms with Crippen LogP contribution in [0.3, 0.4) is 0 Å². The van der Waals surface area contributed by atoms with Crippen molar-refractivity contribution in [1.82, 2.24) is 20.2 Å². The zero-order valence-corrected chi connectivity index (χ0v) is 15.2. The van der Waals surface area contributed by atoms with E-state index in [0.29, 0.717) is 11.8 Å². The number of rotatable bonds is 7. The highest BCUT2D eigenvalue weighted by molar-refractivity contribution is 5.83. The van der Waals surface area contributed by atoms with Gasteiger partial charge >= 0.3 is 0 Å². The van der Waals surface area contributed by atoms with Crippen molar-refractivity contribution >= 4 is 28.4 Å². The van der Waals surface area contributed by atoms with Gasteiger partial charge in [-0.3, -0.25) is 0 Å². The summed E-state index contributed by atoms with van der Waals surface area (Å²) in [6.45, 7) is 2.88. The van der Waals surface area contributed by atoms with Crippen LogP contribution >= 0.6 is 0 Å². The van der Waals surface area contributed by atoms with E-state index in [-0.39, 0.29) is 0 Å². The van der Waals surface area contributed by atoms with Crippen LogP contribution in [-0.4, -0.2) is 26.7 Å². The van der Waals surface area contributed by atoms with Gasteiger partial charge in [-0.15, -0.1) is 5.10 Å². The molecule has 2 heterocycles. The Labute approximate surface area is 158 Å². The molecule has 0 spiro atoms. The minimum atomic E-state index is 0.519. The van der Waals surface area contributed by atoms with Crippen LogP contribution < -0.4 is 10.6 Å². The normalized spacial score (nSPS) is 10.9. The standard InChI is InChI=1S/C21H22N6/c1-2-15-7-9-17(10-8-15)25-20-14-24-27-21(26-20)22-12-11-16-13-23-19-6-4-3-5-18(16)19/h3-10,13-14,23H,2,11-12H2,1H3,(H2,22,25,26,27). The summed E-state index contributed by atoms with van der Waals surface area (Å²) in [6, 6.07) is 16.6. The van der Waals surface area contributed by atoms with Crippen molar-refractivity contribution in [2.24, 2.45) is 0 Å². The van der Waals surface area contributed by atoms with Gasteiger partial charge in [0.2, 0.25) is 5.95 Å². The van der Waals surface area contributed by atoms with E-state index >= 15 is 0 Å². The summed E-state index contributed by atoms with van der Waals surface area (Å²) in [4.78, 5) is 7.79. The molecule has 0 radical (unpaired) electrons. The Morgan fingerprint density at radius 3 is 2.74 bits per heavy atom. The van der Waals surface area contributed by atoms with Crippen molar-refractivity contribution in [1.29, 1.82) is 0 Å². The number of hydrogen-bond donors (Lipinski definition) is 3. The molecule has 27 heavy (non-hydrogen) atoms. The zero-order valence-electron chi connectivity index (χ0n) is 15.2. The summed E-state index contributed by atoms with van der Waals surface area (Å²) in [5, 5.41) is 15.9. The molecule has 4 rings (SSSR count). The molecule has 0 amide bonds. The topological polar surface area (TPSA) is 78.5 Å². The summed E-state index contributed by atoms with van der Waals surface area (Å²) >= 11 is 0. The van der Waals surface area contributed by atoms with Gasteiger partial charge in [0.25, 0.3) is 0 Å². The van der Waals surface area contributed by atoms with Gasteiger partial charge in [0.1, 0.15) is 0 Å². The summed E-state index contributed by atoms with van der Waals surface area (Å²) in [6.07, 6.45) is 5.59. The van der Waals surface area contributed by atoms with E-state index in [1.807, 2.05) is 18.2 Å². The quantitative estimate of drug-likeness (QED) is 0.459. The predicted molar refractivity (Wildman–Crippen MR) is 109 cm³/mol. The summed E-state index contributed by atoms with van der Waals surface area (Å²) < 4.78 is 0. The molecule has 6 heteroatoms. The fraction of sp³-hybridized carbons (Fsp3) is 0.190. The van der Waals surface area contributed by atoms with Gasteiger partial charge in [0.15, 0.2) is 5.82 Å². The van der Waals surface area contributed by atoms with Crippen LogP contribution in [0.2, 0.25) is 0 Å². The number of anilines is 3. The summed E-state index contributed by atoms with van der Waals surface area (Å²) in [5.41, 5.74) is 4.72. The molecule has 0 aliphatic carbocycles. The molecule has 0 aliphatic heterocycles. The molecule has 136 valence electrons. The van der Waals surface area contributed by atoms with Crippen molar-refractivity contribution in [2.75, 3.05) is 17.2 Å². The second-order valence-electron chi connectivity index (χ2n) is 6.38. The van der Waals surface area contributed by atoms with Gasteiger partial charge in [-0.1, -0.05) is 37.3 Å². The molecular weight excluding hydrogens is 336 g/mol. The molecule has 0 unspecified atom stereocenters. The lowest BCUT2D eigenvalue weighted by Gasteiger charge is -2.08. The average molecular weight is 358 g/mol. The van der Waals surface area contributed by atoms with Crippen LogP contribution in [0.1, 0.15) is 18.1 Å². The third kappa shape index (κ3) is 4.06. The molecule has 0 bridgehead atoms. The van der Waals surface area contributed by atoms with E-state index in [1.54, 1.807) is 6.20 Å². The first kappa shape index (κ1) is 17.0. The highest BCUT2D eigenvalue weighted by atomic mass is 15.3. The first-order chi connectivity index (χ1) is 13.3. The molecule has 0 aliphatic rings. The van der Waals surface area contributed by atoms with Crippen molar-refractivity contribution in [2.45, 2.75) is 19.8 Å². The average Bonchev–Trinajstić information content (AvgIpc) is 3.12. The molecule has 3 N–H and O–H groups in total. The third-order valence-electron chi connectivity index (χ3n) is 4.55. The number of H-pyrrole nitrogens is 1. The molecule has 0 saturated carbocycles. The molecule has 0 atom stereocenters. The van der Waals surface area contributed by atoms with Gasteiger partial charge in [0.05, 0.1) is 6.20 Å². The lowest BCUT2D eigenvalue weighted by atomic mass is 10.1. The highest BCUT2D eigenvalue weighted by Gasteiger charge is 2.04. The molecule has 2 aromatic carbocycles. The molecular formula is C21H22N6. The largest absolute Gasteiger partial charge is 0.361 e. The van der Waals surface area contributed by atoms with Crippen molar-refractivity contribution < 1.29 is 0 Å². The number of nitrogens with zero attached hydrogens (tertiary/aromatic N) is 3. The highest BCUT2D eigenvalue weighted by Crippen LogP contribution is 2.18. The van der Waals surface area contributed by atoms with Crippen LogP contribution in [0.4, 0.5) is 17.5 Å². The molecule has 4 aromatic rings. The van der Waals surface area contributed by atoms with Gasteiger partial charge in [-0.05, 0) is 42.2 Å². The van der Waals surface area contributed by atoms with Crippen molar-refractivity contribution in [3.63, 3.8) is 0 Å². The number of benzene rings is 2. The second kappa shape index (κ2) is 7.86. The number of nitrogens with one attached hydrogen (secondary N) is 3. The molecule has 0 saturated heterocycles. The maximum atomic E-state index is 4.49. The number of hydrogen-bond acceptors (Lipinski definition) is 5. The Morgan fingerprint density at radius 1 is 1.04 bits per heavy atom. The molecule has 6 nitrogen and oxygen atoms in total. The minimum Gasteiger partial charge on any atom is -0.361 e. The number of aromatic nitrogens is 4. The van der Waals surface area contributed by atoms with Crippen LogP contribution in [0.25, 0.3) is 10.9 Å². The van der Waals surface area contributed by atoms with Gasteiger partial charge < -0.3 is 15.6 Å². The van der Waals surface area contributed by atoms with Crippen LogP contribution in [0.5, 0.6) is 0 Å². The predicted octanol–water partition coefficient (Wildman–Crippen LogP) is 4.31. The van der Waals surface area contributed by atoms with E-state index < -0.39 is 0 Å². The first-order valence-corrected chi connectivity index (χ1v) is 9.16. The minimum absolute atomic E-state index is 0.519. The third-order valence-corrected chi connectivity index (χ3v) is 4.55. The van der Waals surface area contributed by atoms with Gasteiger partial charge in [-0.25, -0.2) is 0 Å². The Bertz CT molecular complexity index is 1020. The monoisotopic (exact) mass is 358 g/mol. The summed E-state index contributed by atoms with van der Waals surface area (Å²) in [5.74, 6) is 1.19. The van der Waals surface area contributed by atoms with Gasteiger partial charge in [0, 0.05) is 29.3 Å². The maximum absolute atomic E-state index is 4.49. The Hall–Kier alpha value is -3.41. The summed E-state index contributed by atoms with van der Waals surface area (Å²) in [7, 11) is 0. The smallest absolute Gasteiger partial charge is 0.244 e. The molecule has 2 aromatic heterocycles. The van der Waals surface area contributed by atoms with E-state index in [9.17, 15) is 0 Å².